The van der Waals surface area contributed by atoms with Crippen molar-refractivity contribution in [1.29, 1.82) is 0 Å². The van der Waals surface area contributed by atoms with Gasteiger partial charge in [0.05, 0.1) is 12.8 Å². The van der Waals surface area contributed by atoms with Crippen molar-refractivity contribution < 1.29 is 31.4 Å². The van der Waals surface area contributed by atoms with Crippen molar-refractivity contribution in [3.8, 4) is 11.5 Å². The fourth-order valence-corrected chi connectivity index (χ4v) is 2.80. The zero-order valence-corrected chi connectivity index (χ0v) is 11.9. The number of aromatic hydroxyl groups is 1. The van der Waals surface area contributed by atoms with E-state index in [0.717, 1.165) is 6.07 Å². The lowest BCUT2D eigenvalue weighted by molar-refractivity contribution is 0.373. The molecule has 0 fully saturated rings. The van der Waals surface area contributed by atoms with Gasteiger partial charge in [-0.3, -0.25) is 4.72 Å². The van der Waals surface area contributed by atoms with E-state index in [4.69, 9.17) is 4.74 Å². The molecule has 118 valence electrons. The molecule has 5 nitrogen and oxygen atoms in total. The lowest BCUT2D eigenvalue weighted by atomic mass is 10.3. The number of hydrogen-bond donors (Lipinski definition) is 2. The van der Waals surface area contributed by atoms with Gasteiger partial charge in [-0.2, -0.15) is 0 Å². The molecule has 2 rings (SSSR count). The first-order chi connectivity index (χ1) is 10.3. The van der Waals surface area contributed by atoms with E-state index in [1.165, 1.54) is 19.2 Å². The van der Waals surface area contributed by atoms with Crippen molar-refractivity contribution in [2.75, 3.05) is 11.8 Å². The summed E-state index contributed by atoms with van der Waals surface area (Å²) in [5, 5.41) is 9.55. The number of phenolic OH excluding ortho intramolecular Hbond substituents is 1. The van der Waals surface area contributed by atoms with E-state index in [1.54, 1.807) is 0 Å². The minimum atomic E-state index is -4.50. The molecule has 0 aliphatic rings. The summed E-state index contributed by atoms with van der Waals surface area (Å²) in [7, 11) is -3.20. The Labute approximate surface area is 124 Å². The van der Waals surface area contributed by atoms with Crippen molar-refractivity contribution in [3.63, 3.8) is 0 Å². The van der Waals surface area contributed by atoms with Gasteiger partial charge >= 0.3 is 0 Å². The van der Waals surface area contributed by atoms with Crippen molar-refractivity contribution in [1.82, 2.24) is 0 Å². The fourth-order valence-electron chi connectivity index (χ4n) is 1.68. The number of nitrogens with one attached hydrogen (secondary N) is 1. The van der Waals surface area contributed by atoms with Gasteiger partial charge in [0.1, 0.15) is 4.90 Å². The van der Waals surface area contributed by atoms with Crippen molar-refractivity contribution in [3.05, 3.63) is 47.8 Å². The van der Waals surface area contributed by atoms with Crippen LogP contribution in [-0.2, 0) is 10.0 Å². The van der Waals surface area contributed by atoms with Gasteiger partial charge in [0.25, 0.3) is 10.0 Å². The Kier molecular flexibility index (Phi) is 4.18. The lowest BCUT2D eigenvalue weighted by Gasteiger charge is -2.11. The zero-order valence-electron chi connectivity index (χ0n) is 11.1. The first-order valence-electron chi connectivity index (χ1n) is 5.79. The molecule has 9 heteroatoms. The summed E-state index contributed by atoms with van der Waals surface area (Å²) in [6.07, 6.45) is 0. The topological polar surface area (TPSA) is 75.6 Å². The van der Waals surface area contributed by atoms with Crippen LogP contribution in [0.4, 0.5) is 18.9 Å². The number of methoxy groups -OCH3 is 1. The first kappa shape index (κ1) is 16.0. The zero-order chi connectivity index (χ0) is 16.5. The standard InChI is InChI=1S/C13H10F3NO4S/c1-21-10-4-2-7(6-9(10)18)17-22(19,20)11-5-3-8(14)12(15)13(11)16/h2-6,17-18H,1H3. The number of ether oxygens (including phenoxy) is 1. The molecule has 0 bridgehead atoms. The summed E-state index contributed by atoms with van der Waals surface area (Å²) in [5.74, 6) is -5.47. The van der Waals surface area contributed by atoms with Crippen LogP contribution in [-0.4, -0.2) is 20.6 Å². The van der Waals surface area contributed by atoms with Crippen LogP contribution in [0, 0.1) is 17.5 Å². The Morgan fingerprint density at radius 2 is 1.77 bits per heavy atom. The third-order valence-corrected chi connectivity index (χ3v) is 4.12. The van der Waals surface area contributed by atoms with Gasteiger partial charge in [-0.1, -0.05) is 0 Å². The summed E-state index contributed by atoms with van der Waals surface area (Å²) in [4.78, 5) is -1.05. The Balaban J connectivity index is 2.40. The minimum absolute atomic E-state index is 0.0990. The third-order valence-electron chi connectivity index (χ3n) is 2.72. The van der Waals surface area contributed by atoms with Crippen LogP contribution in [0.1, 0.15) is 0 Å². The average Bonchev–Trinajstić information content (AvgIpc) is 2.44. The van der Waals surface area contributed by atoms with Crippen LogP contribution in [0.15, 0.2) is 35.2 Å². The largest absolute Gasteiger partial charge is 0.504 e. The molecule has 0 aliphatic heterocycles. The van der Waals surface area contributed by atoms with Crippen molar-refractivity contribution in [2.45, 2.75) is 4.90 Å². The van der Waals surface area contributed by atoms with Crippen LogP contribution in [0.2, 0.25) is 0 Å². The quantitative estimate of drug-likeness (QED) is 0.844. The fraction of sp³-hybridized carbons (Fsp3) is 0.0769. The molecule has 0 saturated heterocycles. The van der Waals surface area contributed by atoms with Crippen LogP contribution in [0.3, 0.4) is 0 Å². The summed E-state index contributed by atoms with van der Waals surface area (Å²) in [6.45, 7) is 0. The molecule has 0 heterocycles. The lowest BCUT2D eigenvalue weighted by Crippen LogP contribution is -2.15. The number of benzene rings is 2. The van der Waals surface area contributed by atoms with E-state index in [9.17, 15) is 26.7 Å². The van der Waals surface area contributed by atoms with Crippen molar-refractivity contribution in [2.24, 2.45) is 0 Å². The number of sulfonamides is 1. The van der Waals surface area contributed by atoms with E-state index in [0.29, 0.717) is 12.1 Å². The molecule has 0 amide bonds. The second kappa shape index (κ2) is 5.76. The summed E-state index contributed by atoms with van der Waals surface area (Å²) >= 11 is 0. The number of phenols is 1. The van der Waals surface area contributed by atoms with Gasteiger partial charge in [0.15, 0.2) is 29.0 Å². The highest BCUT2D eigenvalue weighted by Gasteiger charge is 2.24. The van der Waals surface area contributed by atoms with Gasteiger partial charge < -0.3 is 9.84 Å². The predicted octanol–water partition coefficient (Wildman–Crippen LogP) is 2.62. The van der Waals surface area contributed by atoms with Crippen LogP contribution in [0.5, 0.6) is 11.5 Å². The number of rotatable bonds is 4. The SMILES string of the molecule is COc1ccc(NS(=O)(=O)c2ccc(F)c(F)c2F)cc1O. The third kappa shape index (κ3) is 2.93. The molecule has 0 aromatic heterocycles. The van der Waals surface area contributed by atoms with E-state index in [-0.39, 0.29) is 17.2 Å². The molecule has 0 unspecified atom stereocenters. The second-order valence-corrected chi connectivity index (χ2v) is 5.82. The molecule has 0 atom stereocenters. The van der Waals surface area contributed by atoms with Gasteiger partial charge in [-0.05, 0) is 24.3 Å². The molecule has 22 heavy (non-hydrogen) atoms. The van der Waals surface area contributed by atoms with E-state index < -0.39 is 32.4 Å². The molecular formula is C13H10F3NO4S. The van der Waals surface area contributed by atoms with Gasteiger partial charge in [-0.15, -0.1) is 0 Å². The van der Waals surface area contributed by atoms with Crippen LogP contribution >= 0.6 is 0 Å². The van der Waals surface area contributed by atoms with E-state index >= 15 is 0 Å². The molecule has 0 radical (unpaired) electrons. The van der Waals surface area contributed by atoms with Gasteiger partial charge in [0.2, 0.25) is 0 Å². The Hall–Kier alpha value is -2.42. The highest BCUT2D eigenvalue weighted by molar-refractivity contribution is 7.92. The highest BCUT2D eigenvalue weighted by Crippen LogP contribution is 2.30. The monoisotopic (exact) mass is 333 g/mol. The predicted molar refractivity (Wildman–Crippen MR) is 71.8 cm³/mol. The van der Waals surface area contributed by atoms with Crippen LogP contribution < -0.4 is 9.46 Å². The summed E-state index contributed by atoms with van der Waals surface area (Å²) < 4.78 is 70.2. The molecular weight excluding hydrogens is 323 g/mol. The molecule has 2 aromatic carbocycles. The Bertz CT molecular complexity index is 824. The molecule has 0 saturated carbocycles. The van der Waals surface area contributed by atoms with E-state index in [2.05, 4.69) is 0 Å². The number of anilines is 1. The summed E-state index contributed by atoms with van der Waals surface area (Å²) in [6, 6.07) is 4.63. The maximum Gasteiger partial charge on any atom is 0.264 e. The average molecular weight is 333 g/mol. The maximum absolute atomic E-state index is 13.6. The summed E-state index contributed by atoms with van der Waals surface area (Å²) in [5.41, 5.74) is -0.109. The second-order valence-electron chi connectivity index (χ2n) is 4.17. The molecule has 0 spiro atoms. The molecule has 0 aliphatic carbocycles. The first-order valence-corrected chi connectivity index (χ1v) is 7.28. The maximum atomic E-state index is 13.6. The van der Waals surface area contributed by atoms with Gasteiger partial charge in [0, 0.05) is 6.07 Å². The highest BCUT2D eigenvalue weighted by atomic mass is 32.2. The molecule has 2 N–H and O–H groups in total. The minimum Gasteiger partial charge on any atom is -0.504 e. The normalized spacial score (nSPS) is 11.3. The molecule has 2 aromatic rings. The Morgan fingerprint density at radius 3 is 2.36 bits per heavy atom. The Morgan fingerprint density at radius 1 is 1.09 bits per heavy atom. The number of halogens is 3. The van der Waals surface area contributed by atoms with Gasteiger partial charge in [-0.25, -0.2) is 21.6 Å². The number of hydrogen-bond acceptors (Lipinski definition) is 4. The smallest absolute Gasteiger partial charge is 0.264 e. The van der Waals surface area contributed by atoms with Crippen LogP contribution in [0.25, 0.3) is 0 Å². The van der Waals surface area contributed by atoms with E-state index in [1.807, 2.05) is 4.72 Å². The van der Waals surface area contributed by atoms with Crippen molar-refractivity contribution >= 4 is 15.7 Å².